The maximum absolute atomic E-state index is 5.81. The monoisotopic (exact) mass is 580 g/mol. The number of nitrogens with zero attached hydrogens (tertiary/aromatic N) is 2. The lowest BCUT2D eigenvalue weighted by molar-refractivity contribution is 0.00858. The van der Waals surface area contributed by atoms with Crippen LogP contribution in [-0.4, -0.2) is 165 Å². The topological polar surface area (TPSA) is 110 Å². The van der Waals surface area contributed by atoms with Crippen molar-refractivity contribution in [2.24, 2.45) is 0 Å². The third-order valence-electron chi connectivity index (χ3n) is 5.81. The summed E-state index contributed by atoms with van der Waals surface area (Å²) in [6.45, 7) is 14.7. The van der Waals surface area contributed by atoms with Crippen LogP contribution >= 0.6 is 24.4 Å². The molecule has 0 aromatic carbocycles. The molecular formula is C24H48N6O6S2. The van der Waals surface area contributed by atoms with Gasteiger partial charge in [-0.2, -0.15) is 0 Å². The first-order valence-corrected chi connectivity index (χ1v) is 14.5. The van der Waals surface area contributed by atoms with E-state index in [-0.39, 0.29) is 0 Å². The number of hydrogen-bond acceptors (Lipinski definition) is 10. The molecule has 2 bridgehead atoms. The summed E-state index contributed by atoms with van der Waals surface area (Å²) in [4.78, 5) is 4.62. The summed E-state index contributed by atoms with van der Waals surface area (Å²) < 4.78 is 34.5. The second-order valence-electron chi connectivity index (χ2n) is 8.72. The fourth-order valence-corrected chi connectivity index (χ4v) is 4.07. The Labute approximate surface area is 238 Å². The molecule has 0 saturated carbocycles. The van der Waals surface area contributed by atoms with Gasteiger partial charge in [-0.1, -0.05) is 0 Å². The van der Waals surface area contributed by atoms with Gasteiger partial charge in [-0.05, 0) is 24.4 Å². The van der Waals surface area contributed by atoms with Crippen molar-refractivity contribution in [3.8, 4) is 0 Å². The molecule has 3 rings (SSSR count). The molecule has 0 unspecified atom stereocenters. The zero-order chi connectivity index (χ0) is 26.9. The summed E-state index contributed by atoms with van der Waals surface area (Å²) >= 11 is 10.8. The lowest BCUT2D eigenvalue weighted by Gasteiger charge is -2.24. The summed E-state index contributed by atoms with van der Waals surface area (Å²) in [5, 5.41) is 14.1. The van der Waals surface area contributed by atoms with Gasteiger partial charge in [-0.15, -0.1) is 0 Å². The van der Waals surface area contributed by atoms with Crippen LogP contribution in [0.25, 0.3) is 0 Å². The van der Waals surface area contributed by atoms with Crippen LogP contribution in [0, 0.1) is 0 Å². The third kappa shape index (κ3) is 19.2. The molecule has 0 atom stereocenters. The highest BCUT2D eigenvalue weighted by Crippen LogP contribution is 1.94. The van der Waals surface area contributed by atoms with Gasteiger partial charge in [0.2, 0.25) is 0 Å². The predicted molar refractivity (Wildman–Crippen MR) is 155 cm³/mol. The van der Waals surface area contributed by atoms with Crippen LogP contribution in [0.5, 0.6) is 0 Å². The largest absolute Gasteiger partial charge is 0.378 e. The Bertz CT molecular complexity index is 543. The van der Waals surface area contributed by atoms with Crippen molar-refractivity contribution in [1.29, 1.82) is 0 Å². The van der Waals surface area contributed by atoms with Crippen LogP contribution in [-0.2, 0) is 28.4 Å². The quantitative estimate of drug-likeness (QED) is 0.200. The summed E-state index contributed by atoms with van der Waals surface area (Å²) in [6.07, 6.45) is 0. The molecule has 3 aliphatic rings. The third-order valence-corrected chi connectivity index (χ3v) is 6.39. The molecule has 14 heteroatoms. The molecule has 0 radical (unpaired) electrons. The van der Waals surface area contributed by atoms with E-state index in [1.807, 2.05) is 0 Å². The molecular weight excluding hydrogens is 532 g/mol. The molecule has 3 heterocycles. The van der Waals surface area contributed by atoms with Gasteiger partial charge in [0.15, 0.2) is 10.2 Å². The number of fused-ring (bicyclic) bond motifs is 31. The molecule has 3 aliphatic heterocycles. The summed E-state index contributed by atoms with van der Waals surface area (Å²) in [5.41, 5.74) is 0. The normalized spacial score (nSPS) is 27.1. The molecule has 222 valence electrons. The van der Waals surface area contributed by atoms with Crippen LogP contribution in [0.4, 0.5) is 0 Å². The maximum Gasteiger partial charge on any atom is 0.166 e. The second kappa shape index (κ2) is 23.9. The Kier molecular flexibility index (Phi) is 20.9. The average molecular weight is 581 g/mol. The number of ether oxygens (including phenoxy) is 6. The minimum atomic E-state index is 0.535. The van der Waals surface area contributed by atoms with Gasteiger partial charge in [-0.25, -0.2) is 0 Å². The molecule has 3 fully saturated rings. The first-order chi connectivity index (χ1) is 18.7. The summed E-state index contributed by atoms with van der Waals surface area (Å²) in [5.74, 6) is 0. The molecule has 0 amide bonds. The smallest absolute Gasteiger partial charge is 0.166 e. The maximum atomic E-state index is 5.81. The highest BCUT2D eigenvalue weighted by Gasteiger charge is 2.08. The van der Waals surface area contributed by atoms with Gasteiger partial charge in [0, 0.05) is 65.4 Å². The van der Waals surface area contributed by atoms with Crippen LogP contribution in [0.3, 0.4) is 0 Å². The molecule has 0 spiro atoms. The van der Waals surface area contributed by atoms with Gasteiger partial charge in [0.25, 0.3) is 0 Å². The Balaban J connectivity index is 1.86. The van der Waals surface area contributed by atoms with Crippen LogP contribution < -0.4 is 21.3 Å². The minimum Gasteiger partial charge on any atom is -0.378 e. The fourth-order valence-electron chi connectivity index (χ4n) is 3.66. The molecule has 3 saturated heterocycles. The summed E-state index contributed by atoms with van der Waals surface area (Å²) in [7, 11) is 0. The van der Waals surface area contributed by atoms with Crippen molar-refractivity contribution in [2.45, 2.75) is 0 Å². The Morgan fingerprint density at radius 1 is 0.368 bits per heavy atom. The van der Waals surface area contributed by atoms with Crippen molar-refractivity contribution in [2.75, 3.05) is 145 Å². The minimum absolute atomic E-state index is 0.535. The van der Waals surface area contributed by atoms with Gasteiger partial charge in [0.1, 0.15) is 0 Å². The molecule has 4 N–H and O–H groups in total. The number of nitrogens with one attached hydrogen (secondary N) is 4. The summed E-state index contributed by atoms with van der Waals surface area (Å²) in [6, 6.07) is 0. The molecule has 0 aliphatic carbocycles. The highest BCUT2D eigenvalue weighted by atomic mass is 32.1. The zero-order valence-electron chi connectivity index (χ0n) is 22.7. The van der Waals surface area contributed by atoms with E-state index < -0.39 is 0 Å². The number of thiocarbonyl (C=S) groups is 2. The number of hydrogen-bond donors (Lipinski definition) is 4. The Hall–Kier alpha value is -0.940. The van der Waals surface area contributed by atoms with E-state index in [0.29, 0.717) is 103 Å². The average Bonchev–Trinajstić information content (AvgIpc) is 2.90. The lowest BCUT2D eigenvalue weighted by atomic mass is 10.4. The van der Waals surface area contributed by atoms with Crippen LogP contribution in [0.1, 0.15) is 0 Å². The Morgan fingerprint density at radius 3 is 1.00 bits per heavy atom. The van der Waals surface area contributed by atoms with Gasteiger partial charge in [-0.3, -0.25) is 9.80 Å². The molecule has 12 nitrogen and oxygen atoms in total. The standard InChI is InChI=1S/C24H48N6O6S2/c37-23-25-1-5-29-7-13-33-19-21-35-15-9-30(10-16-36-22-20-34-14-8-29)6-2-26-24(38)28-4-12-32-18-17-31-11-3-27-23/h1-22H2,(H2,25,27,37)(H2,26,28,38). The van der Waals surface area contributed by atoms with E-state index in [1.54, 1.807) is 0 Å². The highest BCUT2D eigenvalue weighted by molar-refractivity contribution is 7.80. The SMILES string of the molecule is S=C1NCCOCCOCCNC(=S)NCCN2CCOCCOCCN(CCN1)CCOCCOCC2. The van der Waals surface area contributed by atoms with Gasteiger partial charge in [0.05, 0.1) is 79.3 Å². The van der Waals surface area contributed by atoms with Crippen molar-refractivity contribution in [3.05, 3.63) is 0 Å². The van der Waals surface area contributed by atoms with E-state index >= 15 is 0 Å². The second-order valence-corrected chi connectivity index (χ2v) is 9.54. The first-order valence-electron chi connectivity index (χ1n) is 13.7. The predicted octanol–water partition coefficient (Wildman–Crippen LogP) is -1.35. The van der Waals surface area contributed by atoms with E-state index in [1.165, 1.54) is 0 Å². The lowest BCUT2D eigenvalue weighted by Crippen LogP contribution is -2.43. The van der Waals surface area contributed by atoms with E-state index in [2.05, 4.69) is 31.1 Å². The first kappa shape index (κ1) is 33.3. The zero-order valence-corrected chi connectivity index (χ0v) is 24.3. The van der Waals surface area contributed by atoms with Crippen molar-refractivity contribution < 1.29 is 28.4 Å². The van der Waals surface area contributed by atoms with Crippen molar-refractivity contribution in [3.63, 3.8) is 0 Å². The van der Waals surface area contributed by atoms with E-state index in [9.17, 15) is 0 Å². The molecule has 38 heavy (non-hydrogen) atoms. The molecule has 0 aromatic heterocycles. The van der Waals surface area contributed by atoms with Crippen LogP contribution in [0.15, 0.2) is 0 Å². The van der Waals surface area contributed by atoms with Gasteiger partial charge < -0.3 is 49.7 Å². The Morgan fingerprint density at radius 2 is 0.658 bits per heavy atom. The van der Waals surface area contributed by atoms with E-state index in [4.69, 9.17) is 52.9 Å². The van der Waals surface area contributed by atoms with Crippen LogP contribution in [0.2, 0.25) is 0 Å². The van der Waals surface area contributed by atoms with E-state index in [0.717, 1.165) is 52.4 Å². The van der Waals surface area contributed by atoms with Crippen molar-refractivity contribution >= 4 is 34.7 Å². The van der Waals surface area contributed by atoms with Crippen molar-refractivity contribution in [1.82, 2.24) is 31.1 Å². The fraction of sp³-hybridized carbons (Fsp3) is 0.917. The number of rotatable bonds is 0. The molecule has 0 aromatic rings. The van der Waals surface area contributed by atoms with Gasteiger partial charge >= 0.3 is 0 Å².